The van der Waals surface area contributed by atoms with E-state index in [1.54, 1.807) is 0 Å². The standard InChI is InChI=1S/C15H13F2N3S/c16-10-4-3-9(11(17)5-10)7-20-15-13(8-1-2-8)14(19)12(6-18)21-15/h3-5,8,20H,1-2,7,19H2. The van der Waals surface area contributed by atoms with Crippen LogP contribution in [0, 0.1) is 23.0 Å². The maximum absolute atomic E-state index is 13.6. The van der Waals surface area contributed by atoms with Crippen molar-refractivity contribution in [3.63, 3.8) is 0 Å². The molecule has 2 aromatic rings. The average Bonchev–Trinajstić information content (AvgIpc) is 3.23. The van der Waals surface area contributed by atoms with E-state index in [2.05, 4.69) is 11.4 Å². The minimum atomic E-state index is -0.595. The van der Waals surface area contributed by atoms with Gasteiger partial charge in [-0.1, -0.05) is 6.07 Å². The van der Waals surface area contributed by atoms with Crippen LogP contribution in [0.5, 0.6) is 0 Å². The Kier molecular flexibility index (Phi) is 3.52. The van der Waals surface area contributed by atoms with Crippen molar-refractivity contribution in [3.8, 4) is 6.07 Å². The zero-order chi connectivity index (χ0) is 15.0. The smallest absolute Gasteiger partial charge is 0.131 e. The first kappa shape index (κ1) is 13.8. The van der Waals surface area contributed by atoms with Crippen molar-refractivity contribution in [3.05, 3.63) is 45.8 Å². The van der Waals surface area contributed by atoms with E-state index in [0.717, 1.165) is 29.5 Å². The molecule has 0 unspecified atom stereocenters. The highest BCUT2D eigenvalue weighted by atomic mass is 32.1. The number of nitriles is 1. The molecule has 1 heterocycles. The van der Waals surface area contributed by atoms with E-state index in [1.807, 2.05) is 0 Å². The molecule has 0 spiro atoms. The summed E-state index contributed by atoms with van der Waals surface area (Å²) < 4.78 is 26.5. The second-order valence-corrected chi connectivity index (χ2v) is 6.08. The van der Waals surface area contributed by atoms with Crippen molar-refractivity contribution in [2.24, 2.45) is 0 Å². The maximum Gasteiger partial charge on any atom is 0.131 e. The predicted octanol–water partition coefficient (Wildman–Crippen LogP) is 3.97. The molecule has 0 radical (unpaired) electrons. The van der Waals surface area contributed by atoms with Crippen LogP contribution in [0.3, 0.4) is 0 Å². The summed E-state index contributed by atoms with van der Waals surface area (Å²) in [6.07, 6.45) is 2.12. The molecule has 0 saturated heterocycles. The molecule has 1 fully saturated rings. The highest BCUT2D eigenvalue weighted by Crippen LogP contribution is 2.50. The molecule has 0 aliphatic heterocycles. The van der Waals surface area contributed by atoms with E-state index in [0.29, 0.717) is 22.0 Å². The number of thiophene rings is 1. The molecule has 1 aromatic heterocycles. The SMILES string of the molecule is N#Cc1sc(NCc2ccc(F)cc2F)c(C2CC2)c1N. The molecule has 1 aliphatic rings. The number of anilines is 2. The summed E-state index contributed by atoms with van der Waals surface area (Å²) in [5, 5.41) is 13.0. The lowest BCUT2D eigenvalue weighted by Gasteiger charge is -2.08. The number of hydrogen-bond donors (Lipinski definition) is 2. The van der Waals surface area contributed by atoms with Gasteiger partial charge in [0.25, 0.3) is 0 Å². The third-order valence-corrected chi connectivity index (χ3v) is 4.61. The fraction of sp³-hybridized carbons (Fsp3) is 0.267. The Hall–Kier alpha value is -2.13. The van der Waals surface area contributed by atoms with E-state index in [4.69, 9.17) is 11.0 Å². The molecule has 3 N–H and O–H groups in total. The quantitative estimate of drug-likeness (QED) is 0.898. The van der Waals surface area contributed by atoms with Crippen LogP contribution >= 0.6 is 11.3 Å². The maximum atomic E-state index is 13.6. The number of rotatable bonds is 4. The summed E-state index contributed by atoms with van der Waals surface area (Å²) in [4.78, 5) is 0.485. The van der Waals surface area contributed by atoms with Gasteiger partial charge < -0.3 is 11.1 Å². The van der Waals surface area contributed by atoms with Crippen molar-refractivity contribution in [1.29, 1.82) is 5.26 Å². The van der Waals surface area contributed by atoms with Crippen LogP contribution in [-0.2, 0) is 6.54 Å². The highest BCUT2D eigenvalue weighted by molar-refractivity contribution is 7.17. The third-order valence-electron chi connectivity index (χ3n) is 3.53. The molecule has 3 nitrogen and oxygen atoms in total. The van der Waals surface area contributed by atoms with Gasteiger partial charge in [-0.3, -0.25) is 0 Å². The number of nitrogens with one attached hydrogen (secondary N) is 1. The molecule has 21 heavy (non-hydrogen) atoms. The van der Waals surface area contributed by atoms with Gasteiger partial charge in [0, 0.05) is 23.7 Å². The molecule has 6 heteroatoms. The van der Waals surface area contributed by atoms with Crippen molar-refractivity contribution < 1.29 is 8.78 Å². The van der Waals surface area contributed by atoms with E-state index in [-0.39, 0.29) is 6.54 Å². The van der Waals surface area contributed by atoms with E-state index < -0.39 is 11.6 Å². The molecule has 0 amide bonds. The molecule has 1 aromatic carbocycles. The molecular formula is C15H13F2N3S. The van der Waals surface area contributed by atoms with Crippen LogP contribution in [0.25, 0.3) is 0 Å². The first-order chi connectivity index (χ1) is 10.1. The second kappa shape index (κ2) is 5.34. The lowest BCUT2D eigenvalue weighted by atomic mass is 10.1. The largest absolute Gasteiger partial charge is 0.397 e. The van der Waals surface area contributed by atoms with Gasteiger partial charge in [0.2, 0.25) is 0 Å². The van der Waals surface area contributed by atoms with Gasteiger partial charge in [0.05, 0.1) is 10.7 Å². The lowest BCUT2D eigenvalue weighted by molar-refractivity contribution is 0.574. The molecule has 3 rings (SSSR count). The number of nitrogens with zero attached hydrogens (tertiary/aromatic N) is 1. The number of benzene rings is 1. The highest BCUT2D eigenvalue weighted by Gasteiger charge is 2.31. The summed E-state index contributed by atoms with van der Waals surface area (Å²) in [7, 11) is 0. The van der Waals surface area contributed by atoms with Gasteiger partial charge >= 0.3 is 0 Å². The van der Waals surface area contributed by atoms with Crippen LogP contribution in [0.15, 0.2) is 18.2 Å². The van der Waals surface area contributed by atoms with Gasteiger partial charge in [0.15, 0.2) is 0 Å². The van der Waals surface area contributed by atoms with Crippen LogP contribution in [0.4, 0.5) is 19.5 Å². The monoisotopic (exact) mass is 305 g/mol. The van der Waals surface area contributed by atoms with E-state index in [9.17, 15) is 8.78 Å². The van der Waals surface area contributed by atoms with Gasteiger partial charge in [0.1, 0.15) is 22.6 Å². The van der Waals surface area contributed by atoms with Crippen LogP contribution in [0.2, 0.25) is 0 Å². The number of hydrogen-bond acceptors (Lipinski definition) is 4. The molecule has 108 valence electrons. The number of nitrogens with two attached hydrogens (primary N) is 1. The molecule has 0 atom stereocenters. The van der Waals surface area contributed by atoms with Crippen LogP contribution < -0.4 is 11.1 Å². The Labute approximate surface area is 125 Å². The summed E-state index contributed by atoms with van der Waals surface area (Å²) in [6, 6.07) is 5.59. The summed E-state index contributed by atoms with van der Waals surface area (Å²) in [5.41, 5.74) is 7.88. The molecule has 1 saturated carbocycles. The Morgan fingerprint density at radius 3 is 2.76 bits per heavy atom. The van der Waals surface area contributed by atoms with E-state index in [1.165, 1.54) is 23.5 Å². The first-order valence-electron chi connectivity index (χ1n) is 6.60. The summed E-state index contributed by atoms with van der Waals surface area (Å²) in [6.45, 7) is 0.233. The Bertz CT molecular complexity index is 729. The predicted molar refractivity (Wildman–Crippen MR) is 79.1 cm³/mol. The minimum absolute atomic E-state index is 0.233. The molecular weight excluding hydrogens is 292 g/mol. The summed E-state index contributed by atoms with van der Waals surface area (Å²) >= 11 is 1.29. The molecule has 1 aliphatic carbocycles. The lowest BCUT2D eigenvalue weighted by Crippen LogP contribution is -2.03. The number of halogens is 2. The van der Waals surface area contributed by atoms with Crippen LogP contribution in [-0.4, -0.2) is 0 Å². The zero-order valence-corrected chi connectivity index (χ0v) is 11.9. The first-order valence-corrected chi connectivity index (χ1v) is 7.42. The zero-order valence-electron chi connectivity index (χ0n) is 11.1. The van der Waals surface area contributed by atoms with Gasteiger partial charge in [-0.15, -0.1) is 11.3 Å². The van der Waals surface area contributed by atoms with Gasteiger partial charge in [-0.05, 0) is 24.8 Å². The fourth-order valence-corrected chi connectivity index (χ4v) is 3.29. The Balaban J connectivity index is 1.83. The Morgan fingerprint density at radius 2 is 2.14 bits per heavy atom. The second-order valence-electron chi connectivity index (χ2n) is 5.06. The van der Waals surface area contributed by atoms with Gasteiger partial charge in [-0.25, -0.2) is 8.78 Å². The Morgan fingerprint density at radius 1 is 1.38 bits per heavy atom. The van der Waals surface area contributed by atoms with Crippen molar-refractivity contribution >= 4 is 22.0 Å². The van der Waals surface area contributed by atoms with E-state index >= 15 is 0 Å². The fourth-order valence-electron chi connectivity index (χ4n) is 2.29. The third kappa shape index (κ3) is 2.69. The number of nitrogen functional groups attached to an aromatic ring is 1. The minimum Gasteiger partial charge on any atom is -0.397 e. The van der Waals surface area contributed by atoms with Crippen molar-refractivity contribution in [1.82, 2.24) is 0 Å². The van der Waals surface area contributed by atoms with Gasteiger partial charge in [-0.2, -0.15) is 5.26 Å². The van der Waals surface area contributed by atoms with Crippen molar-refractivity contribution in [2.75, 3.05) is 11.1 Å². The summed E-state index contributed by atoms with van der Waals surface area (Å²) in [5.74, 6) is -0.786. The van der Waals surface area contributed by atoms with Crippen molar-refractivity contribution in [2.45, 2.75) is 25.3 Å². The normalized spacial score (nSPS) is 14.0. The molecule has 0 bridgehead atoms. The van der Waals surface area contributed by atoms with Crippen LogP contribution in [0.1, 0.15) is 34.8 Å². The average molecular weight is 305 g/mol. The topological polar surface area (TPSA) is 61.8 Å².